The number of esters is 1. The number of hydrogen-bond acceptors (Lipinski definition) is 4. The third-order valence-electron chi connectivity index (χ3n) is 3.78. The molecule has 4 nitrogen and oxygen atoms in total. The molecule has 0 bridgehead atoms. The zero-order chi connectivity index (χ0) is 16.4. The predicted molar refractivity (Wildman–Crippen MR) is 87.7 cm³/mol. The van der Waals surface area contributed by atoms with Gasteiger partial charge in [-0.25, -0.2) is 0 Å². The van der Waals surface area contributed by atoms with Gasteiger partial charge in [0.2, 0.25) is 0 Å². The second kappa shape index (κ2) is 10.6. The van der Waals surface area contributed by atoms with Crippen LogP contribution < -0.4 is 0 Å². The van der Waals surface area contributed by atoms with Crippen LogP contribution in [0.4, 0.5) is 0 Å². The lowest BCUT2D eigenvalue weighted by atomic mass is 9.96. The number of rotatable bonds is 2. The van der Waals surface area contributed by atoms with Crippen molar-refractivity contribution in [2.24, 2.45) is 5.92 Å². The van der Waals surface area contributed by atoms with Crippen LogP contribution in [0.15, 0.2) is 23.8 Å². The average Bonchev–Trinajstić information content (AvgIpc) is 2.46. The zero-order valence-corrected chi connectivity index (χ0v) is 14.3. The molecule has 3 atom stereocenters. The van der Waals surface area contributed by atoms with Crippen molar-refractivity contribution in [2.45, 2.75) is 58.7 Å². The molecule has 0 N–H and O–H groups in total. The van der Waals surface area contributed by atoms with Crippen molar-refractivity contribution in [3.63, 3.8) is 0 Å². The van der Waals surface area contributed by atoms with Gasteiger partial charge in [0.1, 0.15) is 12.2 Å². The molecule has 0 amide bonds. The first-order valence-electron chi connectivity index (χ1n) is 8.16. The number of ether oxygens (including phenoxy) is 3. The molecule has 1 heterocycles. The minimum absolute atomic E-state index is 0.0602. The number of carbonyl (C=O) groups excluding carboxylic acids is 1. The van der Waals surface area contributed by atoms with Gasteiger partial charge in [0.05, 0.1) is 6.61 Å². The number of methoxy groups -OCH3 is 1. The highest BCUT2D eigenvalue weighted by atomic mass is 16.6. The van der Waals surface area contributed by atoms with Crippen LogP contribution in [-0.2, 0) is 19.0 Å². The van der Waals surface area contributed by atoms with Gasteiger partial charge in [-0.15, -0.1) is 0 Å². The molecule has 0 aromatic heterocycles. The summed E-state index contributed by atoms with van der Waals surface area (Å²) in [6.07, 6.45) is 10.1. The molecule has 0 spiro atoms. The monoisotopic (exact) mass is 310 g/mol. The Morgan fingerprint density at radius 2 is 2.09 bits per heavy atom. The summed E-state index contributed by atoms with van der Waals surface area (Å²) < 4.78 is 16.7. The molecule has 0 aliphatic carbocycles. The Labute approximate surface area is 134 Å². The van der Waals surface area contributed by atoms with E-state index in [1.54, 1.807) is 7.11 Å². The first-order chi connectivity index (χ1) is 10.5. The Hall–Kier alpha value is -1.13. The summed E-state index contributed by atoms with van der Waals surface area (Å²) >= 11 is 0. The Kier molecular flexibility index (Phi) is 9.09. The normalized spacial score (nSPS) is 32.4. The maximum Gasteiger partial charge on any atom is 0.303 e. The van der Waals surface area contributed by atoms with E-state index in [1.807, 2.05) is 19.9 Å². The highest BCUT2D eigenvalue weighted by Crippen LogP contribution is 2.20. The summed E-state index contributed by atoms with van der Waals surface area (Å²) in [6, 6.07) is 0. The molecule has 0 aromatic carbocycles. The average molecular weight is 310 g/mol. The third kappa shape index (κ3) is 7.23. The summed E-state index contributed by atoms with van der Waals surface area (Å²) in [5.74, 6) is -0.222. The second-order valence-electron chi connectivity index (χ2n) is 5.98. The van der Waals surface area contributed by atoms with E-state index in [2.05, 4.69) is 12.2 Å². The Morgan fingerprint density at radius 3 is 2.77 bits per heavy atom. The van der Waals surface area contributed by atoms with Crippen molar-refractivity contribution >= 4 is 5.97 Å². The van der Waals surface area contributed by atoms with Gasteiger partial charge >= 0.3 is 5.97 Å². The van der Waals surface area contributed by atoms with Crippen LogP contribution in [0.1, 0.15) is 46.5 Å². The summed E-state index contributed by atoms with van der Waals surface area (Å²) in [5, 5.41) is 0. The van der Waals surface area contributed by atoms with Crippen molar-refractivity contribution in [1.82, 2.24) is 0 Å². The summed E-state index contributed by atoms with van der Waals surface area (Å²) in [4.78, 5) is 11.4. The summed E-state index contributed by atoms with van der Waals surface area (Å²) in [5.41, 5.74) is 1.15. The van der Waals surface area contributed by atoms with Crippen LogP contribution in [-0.4, -0.2) is 38.5 Å². The van der Waals surface area contributed by atoms with Crippen LogP contribution in [0, 0.1) is 5.92 Å². The smallest absolute Gasteiger partial charge is 0.303 e. The predicted octanol–water partition coefficient (Wildman–Crippen LogP) is 3.66. The molecule has 0 saturated carbocycles. The first kappa shape index (κ1) is 18.9. The number of carbonyl (C=O) groups is 1. The van der Waals surface area contributed by atoms with E-state index in [1.165, 1.54) is 6.92 Å². The van der Waals surface area contributed by atoms with Crippen molar-refractivity contribution in [1.29, 1.82) is 0 Å². The van der Waals surface area contributed by atoms with Crippen molar-refractivity contribution in [3.05, 3.63) is 23.8 Å². The highest BCUT2D eigenvalue weighted by Gasteiger charge is 2.27. The van der Waals surface area contributed by atoms with Crippen LogP contribution in [0.25, 0.3) is 0 Å². The molecule has 4 heteroatoms. The van der Waals surface area contributed by atoms with Gasteiger partial charge in [0, 0.05) is 26.6 Å². The Balaban J connectivity index is 2.91. The number of hydrogen-bond donors (Lipinski definition) is 0. The molecule has 0 radical (unpaired) electrons. The van der Waals surface area contributed by atoms with Gasteiger partial charge in [-0.1, -0.05) is 37.1 Å². The quantitative estimate of drug-likeness (QED) is 0.577. The van der Waals surface area contributed by atoms with Gasteiger partial charge in [-0.2, -0.15) is 0 Å². The number of allylic oxidation sites excluding steroid dienone is 1. The van der Waals surface area contributed by atoms with Gasteiger partial charge in [-0.3, -0.25) is 4.79 Å². The van der Waals surface area contributed by atoms with E-state index in [9.17, 15) is 4.79 Å². The van der Waals surface area contributed by atoms with Crippen molar-refractivity contribution in [3.8, 4) is 0 Å². The van der Waals surface area contributed by atoms with E-state index < -0.39 is 0 Å². The molecule has 0 fully saturated rings. The van der Waals surface area contributed by atoms with E-state index in [0.29, 0.717) is 6.61 Å². The molecule has 1 aliphatic heterocycles. The molecule has 1 aliphatic rings. The van der Waals surface area contributed by atoms with E-state index in [-0.39, 0.29) is 24.1 Å². The molecule has 22 heavy (non-hydrogen) atoms. The van der Waals surface area contributed by atoms with E-state index in [4.69, 9.17) is 14.2 Å². The summed E-state index contributed by atoms with van der Waals surface area (Å²) in [7, 11) is 1.65. The van der Waals surface area contributed by atoms with Crippen molar-refractivity contribution < 1.29 is 19.0 Å². The fraction of sp³-hybridized carbons (Fsp3) is 0.722. The second-order valence-corrected chi connectivity index (χ2v) is 5.98. The van der Waals surface area contributed by atoms with Gasteiger partial charge in [-0.05, 0) is 26.2 Å². The van der Waals surface area contributed by atoms with Crippen LogP contribution in [0.2, 0.25) is 0 Å². The lowest BCUT2D eigenvalue weighted by Crippen LogP contribution is -2.36. The maximum atomic E-state index is 11.4. The minimum Gasteiger partial charge on any atom is -0.459 e. The maximum absolute atomic E-state index is 11.4. The van der Waals surface area contributed by atoms with Gasteiger partial charge in [0.25, 0.3) is 0 Å². The Bertz CT molecular complexity index is 387. The third-order valence-corrected chi connectivity index (χ3v) is 3.78. The van der Waals surface area contributed by atoms with E-state index in [0.717, 1.165) is 37.9 Å². The highest BCUT2D eigenvalue weighted by molar-refractivity contribution is 5.66. The van der Waals surface area contributed by atoms with Gasteiger partial charge < -0.3 is 14.2 Å². The first-order valence-corrected chi connectivity index (χ1v) is 8.16. The van der Waals surface area contributed by atoms with Crippen LogP contribution in [0.5, 0.6) is 0 Å². The minimum atomic E-state index is -0.323. The topological polar surface area (TPSA) is 44.8 Å². The lowest BCUT2D eigenvalue weighted by molar-refractivity contribution is -0.154. The van der Waals surface area contributed by atoms with Gasteiger partial charge in [0.15, 0.2) is 0 Å². The van der Waals surface area contributed by atoms with Crippen LogP contribution >= 0.6 is 0 Å². The Morgan fingerprint density at radius 1 is 1.32 bits per heavy atom. The molecule has 0 unspecified atom stereocenters. The summed E-state index contributed by atoms with van der Waals surface area (Å²) in [6.45, 7) is 6.96. The SMILES string of the molecule is CO[C@H]1/C=C/CCCCCOC/C(C)=C\[C@@H](C)[C@@H]1OC(C)=O. The molecule has 0 aromatic rings. The molecular formula is C18H30O4. The standard InChI is InChI=1S/C18H30O4/c1-14-12-15(2)18(22-16(3)19)17(20-4)10-8-6-5-7-9-11-21-13-14/h8,10,12,15,17-18H,5-7,9,11,13H2,1-4H3/b10-8+,14-12-/t15-,17+,18+/m1/s1. The van der Waals surface area contributed by atoms with Crippen LogP contribution in [0.3, 0.4) is 0 Å². The van der Waals surface area contributed by atoms with Crippen molar-refractivity contribution in [2.75, 3.05) is 20.3 Å². The molecule has 0 saturated heterocycles. The lowest BCUT2D eigenvalue weighted by Gasteiger charge is -2.27. The largest absolute Gasteiger partial charge is 0.459 e. The molecule has 126 valence electrons. The fourth-order valence-electron chi connectivity index (χ4n) is 2.69. The van der Waals surface area contributed by atoms with E-state index >= 15 is 0 Å². The fourth-order valence-corrected chi connectivity index (χ4v) is 2.69. The molecule has 1 rings (SSSR count). The molecular weight excluding hydrogens is 280 g/mol. The zero-order valence-electron chi connectivity index (χ0n) is 14.3.